The zero-order valence-electron chi connectivity index (χ0n) is 42.7. The van der Waals surface area contributed by atoms with E-state index in [-0.39, 0.29) is 12.8 Å². The molecule has 0 radical (unpaired) electrons. The standard InChI is InChI=1S/C54H99O13P/c1-3-5-7-9-11-13-15-17-19-21-23-24-25-27-28-30-32-34-36-38-40-42-47(55)64-44-46(45-65-68(62,63)67-54-52(60)50(58)49(57)51(59)53(54)61)66-48(56)43-41-39-37-35-33-31-29-26-22-20-18-16-14-12-10-8-6-4-2/h14,16,20-23,46,49-54,57-61H,3-13,15,17-19,24-45H2,1-2H3,(H,62,63)/b16-14-,22-20-,23-21-. The second kappa shape index (κ2) is 43.8. The van der Waals surface area contributed by atoms with Gasteiger partial charge in [-0.2, -0.15) is 0 Å². The quantitative estimate of drug-likeness (QED) is 0.0145. The Balaban J connectivity index is 2.37. The molecule has 6 atom stereocenters. The molecule has 0 amide bonds. The van der Waals surface area contributed by atoms with Gasteiger partial charge in [0.2, 0.25) is 0 Å². The SMILES string of the molecule is CCCCCC/C=C\C/C=C\CCCCCCCCCC(=O)OC(COC(=O)CCCCCCCCCCC/C=C\CCCCCCCCCC)COP(=O)(O)OC1C(O)C(O)C(O)C(O)C1O. The molecule has 6 unspecified atom stereocenters. The Morgan fingerprint density at radius 3 is 1.22 bits per heavy atom. The van der Waals surface area contributed by atoms with Gasteiger partial charge >= 0.3 is 19.8 Å². The van der Waals surface area contributed by atoms with E-state index in [1.165, 1.54) is 122 Å². The summed E-state index contributed by atoms with van der Waals surface area (Å²) >= 11 is 0. The number of unbranched alkanes of at least 4 members (excludes halogenated alkanes) is 28. The molecule has 398 valence electrons. The molecule has 0 spiro atoms. The van der Waals surface area contributed by atoms with Crippen LogP contribution in [0.25, 0.3) is 0 Å². The first kappa shape index (κ1) is 64.1. The van der Waals surface area contributed by atoms with Gasteiger partial charge in [0, 0.05) is 12.8 Å². The molecule has 1 saturated carbocycles. The largest absolute Gasteiger partial charge is 0.472 e. The lowest BCUT2D eigenvalue weighted by molar-refractivity contribution is -0.220. The summed E-state index contributed by atoms with van der Waals surface area (Å²) in [6, 6.07) is 0. The zero-order chi connectivity index (χ0) is 49.9. The molecule has 1 aliphatic rings. The lowest BCUT2D eigenvalue weighted by Gasteiger charge is -2.41. The molecular formula is C54H99O13P. The third kappa shape index (κ3) is 35.2. The summed E-state index contributed by atoms with van der Waals surface area (Å²) in [5, 5.41) is 50.3. The fourth-order valence-corrected chi connectivity index (χ4v) is 9.29. The number of hydrogen-bond acceptors (Lipinski definition) is 12. The van der Waals surface area contributed by atoms with Gasteiger partial charge in [0.25, 0.3) is 0 Å². The molecule has 6 N–H and O–H groups in total. The van der Waals surface area contributed by atoms with E-state index in [1.54, 1.807) is 0 Å². The van der Waals surface area contributed by atoms with Crippen molar-refractivity contribution in [1.29, 1.82) is 0 Å². The first-order valence-corrected chi connectivity index (χ1v) is 28.8. The van der Waals surface area contributed by atoms with Crippen LogP contribution < -0.4 is 0 Å². The number of allylic oxidation sites excluding steroid dienone is 6. The molecule has 0 aromatic carbocycles. The van der Waals surface area contributed by atoms with Gasteiger partial charge in [0.1, 0.15) is 43.2 Å². The normalized spacial score (nSPS) is 21.2. The predicted molar refractivity (Wildman–Crippen MR) is 272 cm³/mol. The molecule has 14 heteroatoms. The molecule has 1 fully saturated rings. The molecule has 68 heavy (non-hydrogen) atoms. The van der Waals surface area contributed by atoms with E-state index in [4.69, 9.17) is 18.5 Å². The number of rotatable bonds is 46. The fraction of sp³-hybridized carbons (Fsp3) is 0.852. The Bertz CT molecular complexity index is 1330. The molecule has 1 rings (SSSR count). The van der Waals surface area contributed by atoms with Crippen LogP contribution in [-0.2, 0) is 32.7 Å². The van der Waals surface area contributed by atoms with E-state index in [9.17, 15) is 44.6 Å². The first-order chi connectivity index (χ1) is 32.9. The van der Waals surface area contributed by atoms with Crippen molar-refractivity contribution in [3.63, 3.8) is 0 Å². The minimum atomic E-state index is -5.13. The number of aliphatic hydroxyl groups is 5. The van der Waals surface area contributed by atoms with Gasteiger partial charge < -0.3 is 39.9 Å². The summed E-state index contributed by atoms with van der Waals surface area (Å²) in [7, 11) is -5.13. The van der Waals surface area contributed by atoms with Gasteiger partial charge in [0.05, 0.1) is 6.61 Å². The maximum absolute atomic E-state index is 12.9. The Morgan fingerprint density at radius 1 is 0.456 bits per heavy atom. The Hall–Kier alpha value is -1.93. The maximum Gasteiger partial charge on any atom is 0.472 e. The van der Waals surface area contributed by atoms with Crippen molar-refractivity contribution >= 4 is 19.8 Å². The van der Waals surface area contributed by atoms with E-state index in [1.807, 2.05) is 0 Å². The van der Waals surface area contributed by atoms with Crippen LogP contribution >= 0.6 is 7.82 Å². The summed E-state index contributed by atoms with van der Waals surface area (Å²) in [4.78, 5) is 35.9. The van der Waals surface area contributed by atoms with E-state index in [0.717, 1.165) is 77.0 Å². The van der Waals surface area contributed by atoms with Gasteiger partial charge in [-0.05, 0) is 70.6 Å². The van der Waals surface area contributed by atoms with Crippen LogP contribution in [-0.4, -0.2) is 98.3 Å². The van der Waals surface area contributed by atoms with Gasteiger partial charge in [0.15, 0.2) is 6.10 Å². The van der Waals surface area contributed by atoms with Crippen LogP contribution in [0, 0.1) is 0 Å². The Kier molecular flexibility index (Phi) is 41.3. The van der Waals surface area contributed by atoms with Crippen molar-refractivity contribution in [3.05, 3.63) is 36.5 Å². The average Bonchev–Trinajstić information content (AvgIpc) is 3.32. The summed E-state index contributed by atoms with van der Waals surface area (Å²) in [5.74, 6) is -1.10. The predicted octanol–water partition coefficient (Wildman–Crippen LogP) is 12.1. The summed E-state index contributed by atoms with van der Waals surface area (Å²) < 4.78 is 33.7. The van der Waals surface area contributed by atoms with Crippen molar-refractivity contribution in [3.8, 4) is 0 Å². The van der Waals surface area contributed by atoms with E-state index >= 15 is 0 Å². The van der Waals surface area contributed by atoms with Gasteiger partial charge in [-0.15, -0.1) is 0 Å². The molecule has 0 heterocycles. The van der Waals surface area contributed by atoms with Crippen LogP contribution in [0.5, 0.6) is 0 Å². The zero-order valence-corrected chi connectivity index (χ0v) is 43.6. The summed E-state index contributed by atoms with van der Waals surface area (Å²) in [5.41, 5.74) is 0. The molecular weight excluding hydrogens is 888 g/mol. The fourth-order valence-electron chi connectivity index (χ4n) is 8.31. The van der Waals surface area contributed by atoms with Crippen molar-refractivity contribution in [2.75, 3.05) is 13.2 Å². The highest BCUT2D eigenvalue weighted by molar-refractivity contribution is 7.47. The minimum Gasteiger partial charge on any atom is -0.462 e. The molecule has 0 aromatic heterocycles. The van der Waals surface area contributed by atoms with Crippen LogP contribution in [0.1, 0.15) is 239 Å². The summed E-state index contributed by atoms with van der Waals surface area (Å²) in [6.07, 6.45) is 39.0. The van der Waals surface area contributed by atoms with E-state index in [0.29, 0.717) is 12.8 Å². The topological polar surface area (TPSA) is 210 Å². The molecule has 1 aliphatic carbocycles. The second-order valence-corrected chi connectivity index (χ2v) is 20.5. The van der Waals surface area contributed by atoms with Crippen LogP contribution in [0.15, 0.2) is 36.5 Å². The number of carbonyl (C=O) groups is 2. The highest BCUT2D eigenvalue weighted by Gasteiger charge is 2.51. The number of carbonyl (C=O) groups excluding carboxylic acids is 2. The number of esters is 2. The molecule has 0 aromatic rings. The first-order valence-electron chi connectivity index (χ1n) is 27.3. The highest BCUT2D eigenvalue weighted by Crippen LogP contribution is 2.47. The number of aliphatic hydroxyl groups excluding tert-OH is 5. The Labute approximate surface area is 412 Å². The monoisotopic (exact) mass is 987 g/mol. The summed E-state index contributed by atoms with van der Waals surface area (Å²) in [6.45, 7) is 3.31. The molecule has 0 bridgehead atoms. The van der Waals surface area contributed by atoms with E-state index < -0.39 is 75.7 Å². The second-order valence-electron chi connectivity index (χ2n) is 19.1. The van der Waals surface area contributed by atoms with Gasteiger partial charge in [-0.3, -0.25) is 18.6 Å². The molecule has 0 aliphatic heterocycles. The van der Waals surface area contributed by atoms with Gasteiger partial charge in [-0.1, -0.05) is 192 Å². The van der Waals surface area contributed by atoms with Crippen molar-refractivity contribution in [2.24, 2.45) is 0 Å². The number of hydrogen-bond donors (Lipinski definition) is 6. The van der Waals surface area contributed by atoms with Crippen LogP contribution in [0.3, 0.4) is 0 Å². The number of ether oxygens (including phenoxy) is 2. The average molecular weight is 987 g/mol. The maximum atomic E-state index is 12.9. The lowest BCUT2D eigenvalue weighted by Crippen LogP contribution is -2.64. The highest BCUT2D eigenvalue weighted by atomic mass is 31.2. The van der Waals surface area contributed by atoms with Crippen molar-refractivity contribution in [1.82, 2.24) is 0 Å². The van der Waals surface area contributed by atoms with Crippen molar-refractivity contribution < 1.29 is 63.1 Å². The van der Waals surface area contributed by atoms with Crippen LogP contribution in [0.4, 0.5) is 0 Å². The van der Waals surface area contributed by atoms with E-state index in [2.05, 4.69) is 50.3 Å². The van der Waals surface area contributed by atoms with Crippen LogP contribution in [0.2, 0.25) is 0 Å². The molecule has 0 saturated heterocycles. The number of phosphoric ester groups is 1. The molecule has 13 nitrogen and oxygen atoms in total. The third-order valence-corrected chi connectivity index (χ3v) is 13.7. The lowest BCUT2D eigenvalue weighted by atomic mass is 9.85. The van der Waals surface area contributed by atoms with Gasteiger partial charge in [-0.25, -0.2) is 4.57 Å². The number of phosphoric acid groups is 1. The smallest absolute Gasteiger partial charge is 0.462 e. The van der Waals surface area contributed by atoms with Crippen molar-refractivity contribution in [2.45, 2.75) is 281 Å². The third-order valence-electron chi connectivity index (χ3n) is 12.7. The Morgan fingerprint density at radius 2 is 0.794 bits per heavy atom. The minimum absolute atomic E-state index is 0.0884.